The van der Waals surface area contributed by atoms with Crippen LogP contribution in [0.25, 0.3) is 0 Å². The Hall–Kier alpha value is -2.67. The first-order chi connectivity index (χ1) is 17.5. The molecule has 36 heavy (non-hydrogen) atoms. The van der Waals surface area contributed by atoms with E-state index >= 15 is 0 Å². The molecule has 2 aromatic rings. The number of hydrogen-bond donors (Lipinski definition) is 1. The molecule has 0 saturated carbocycles. The minimum atomic E-state index is -0.743. The number of amidine groups is 1. The number of carbonyl (C=O) groups is 2. The molecule has 2 aliphatic heterocycles. The lowest BCUT2D eigenvalue weighted by Gasteiger charge is -2.37. The summed E-state index contributed by atoms with van der Waals surface area (Å²) in [5.74, 6) is -0.389. The van der Waals surface area contributed by atoms with E-state index in [1.54, 1.807) is 19.2 Å². The number of rotatable bonds is 10. The van der Waals surface area contributed by atoms with Gasteiger partial charge in [-0.15, -0.1) is 11.3 Å². The van der Waals surface area contributed by atoms with Crippen molar-refractivity contribution in [2.24, 2.45) is 4.99 Å². The predicted molar refractivity (Wildman–Crippen MR) is 135 cm³/mol. The molecule has 2 unspecified atom stereocenters. The number of nitrogens with one attached hydrogen (secondary N) is 1. The molecule has 0 spiro atoms. The van der Waals surface area contributed by atoms with Gasteiger partial charge in [0.25, 0.3) is 6.47 Å². The van der Waals surface area contributed by atoms with E-state index in [-0.39, 0.29) is 19.3 Å². The molecular weight excluding hydrogens is 555 g/mol. The molecule has 3 heterocycles. The number of thiazole rings is 1. The van der Waals surface area contributed by atoms with Crippen LogP contribution in [0.2, 0.25) is 0 Å². The summed E-state index contributed by atoms with van der Waals surface area (Å²) in [5, 5.41) is 5.84. The molecule has 1 aromatic carbocycles. The summed E-state index contributed by atoms with van der Waals surface area (Å²) < 4.78 is 30.4. The van der Waals surface area contributed by atoms with Crippen molar-refractivity contribution >= 4 is 45.5 Å². The van der Waals surface area contributed by atoms with Crippen molar-refractivity contribution in [3.63, 3.8) is 0 Å². The molecule has 0 radical (unpaired) electrons. The average Bonchev–Trinajstić information content (AvgIpc) is 3.40. The van der Waals surface area contributed by atoms with E-state index in [9.17, 15) is 14.0 Å². The summed E-state index contributed by atoms with van der Waals surface area (Å²) in [6.07, 6.45) is 2.27. The Balaban J connectivity index is 1.76. The standard InChI is InChI=1S/C24H26BrFN4O5S/c1-2-35-24(32)20-19(12-30-7-9-33-13-16(30)5-8-34-14-31)28-22(23-27-6-10-36-23)29-21(20)17-4-3-15(26)11-18(17)25/h3-4,6,10-11,14,16,21H,2,5,7-9,12-13H2,1H3,(H,28,29). The molecule has 4 rings (SSSR count). The van der Waals surface area contributed by atoms with Crippen LogP contribution in [0, 0.1) is 5.82 Å². The van der Waals surface area contributed by atoms with E-state index in [0.717, 1.165) is 0 Å². The first kappa shape index (κ1) is 26.4. The molecule has 1 N–H and O–H groups in total. The van der Waals surface area contributed by atoms with Crippen LogP contribution >= 0.6 is 27.3 Å². The van der Waals surface area contributed by atoms with Crippen LogP contribution in [0.5, 0.6) is 0 Å². The molecule has 0 aliphatic carbocycles. The molecule has 0 bridgehead atoms. The quantitative estimate of drug-likeness (QED) is 0.259. The highest BCUT2D eigenvalue weighted by molar-refractivity contribution is 9.10. The van der Waals surface area contributed by atoms with Gasteiger partial charge in [-0.1, -0.05) is 22.0 Å². The first-order valence-corrected chi connectivity index (χ1v) is 13.2. The fourth-order valence-corrected chi connectivity index (χ4v) is 5.34. The molecule has 1 aromatic heterocycles. The molecular formula is C24H26BrFN4O5S. The summed E-state index contributed by atoms with van der Waals surface area (Å²) in [5.41, 5.74) is 1.60. The molecule has 2 atom stereocenters. The summed E-state index contributed by atoms with van der Waals surface area (Å²) in [7, 11) is 0. The Kier molecular flexibility index (Phi) is 9.19. The minimum absolute atomic E-state index is 0.0189. The average molecular weight is 581 g/mol. The number of nitrogens with zero attached hydrogens (tertiary/aromatic N) is 3. The van der Waals surface area contributed by atoms with Crippen molar-refractivity contribution in [1.82, 2.24) is 15.2 Å². The zero-order valence-electron chi connectivity index (χ0n) is 19.6. The van der Waals surface area contributed by atoms with E-state index < -0.39 is 17.8 Å². The van der Waals surface area contributed by atoms with Crippen LogP contribution in [0.1, 0.15) is 30.0 Å². The van der Waals surface area contributed by atoms with Gasteiger partial charge in [0.1, 0.15) is 11.9 Å². The maximum absolute atomic E-state index is 13.9. The van der Waals surface area contributed by atoms with Gasteiger partial charge in [0.05, 0.1) is 32.0 Å². The van der Waals surface area contributed by atoms with Gasteiger partial charge in [-0.25, -0.2) is 14.2 Å². The number of aliphatic imine (C=N–C) groups is 1. The SMILES string of the molecule is CCOC(=O)C1=C(CN2CCOCC2CCOC=O)NC(c2nccs2)=NC1c1ccc(F)cc1Br. The van der Waals surface area contributed by atoms with Gasteiger partial charge in [-0.05, 0) is 31.0 Å². The maximum atomic E-state index is 13.9. The molecule has 2 aliphatic rings. The van der Waals surface area contributed by atoms with E-state index in [4.69, 9.17) is 19.2 Å². The van der Waals surface area contributed by atoms with Crippen LogP contribution in [-0.2, 0) is 23.8 Å². The lowest BCUT2D eigenvalue weighted by Crippen LogP contribution is -2.49. The Morgan fingerprint density at radius 1 is 1.44 bits per heavy atom. The normalized spacial score (nSPS) is 20.5. The van der Waals surface area contributed by atoms with Crippen molar-refractivity contribution in [2.45, 2.75) is 25.4 Å². The second-order valence-electron chi connectivity index (χ2n) is 8.08. The molecule has 1 fully saturated rings. The molecule has 0 amide bonds. The maximum Gasteiger partial charge on any atom is 0.338 e. The topological polar surface area (TPSA) is 102 Å². The zero-order valence-corrected chi connectivity index (χ0v) is 22.0. The van der Waals surface area contributed by atoms with Gasteiger partial charge in [0, 0.05) is 40.9 Å². The monoisotopic (exact) mass is 580 g/mol. The number of esters is 1. The number of halogens is 2. The number of carbonyl (C=O) groups excluding carboxylic acids is 2. The second kappa shape index (κ2) is 12.5. The van der Waals surface area contributed by atoms with E-state index in [1.807, 2.05) is 5.38 Å². The Morgan fingerprint density at radius 3 is 3.03 bits per heavy atom. The van der Waals surface area contributed by atoms with Crippen molar-refractivity contribution in [3.8, 4) is 0 Å². The summed E-state index contributed by atoms with van der Waals surface area (Å²) in [6, 6.07) is 3.54. The largest absolute Gasteiger partial charge is 0.468 e. The smallest absolute Gasteiger partial charge is 0.338 e. The number of ether oxygens (including phenoxy) is 3. The van der Waals surface area contributed by atoms with Crippen LogP contribution < -0.4 is 5.32 Å². The van der Waals surface area contributed by atoms with Gasteiger partial charge in [0.15, 0.2) is 10.8 Å². The molecule has 9 nitrogen and oxygen atoms in total. The van der Waals surface area contributed by atoms with Crippen LogP contribution in [0.3, 0.4) is 0 Å². The van der Waals surface area contributed by atoms with Crippen molar-refractivity contribution in [2.75, 3.05) is 39.5 Å². The summed E-state index contributed by atoms with van der Waals surface area (Å²) in [6.45, 7) is 4.65. The fourth-order valence-electron chi connectivity index (χ4n) is 4.19. The van der Waals surface area contributed by atoms with Crippen molar-refractivity contribution < 1.29 is 28.2 Å². The van der Waals surface area contributed by atoms with Gasteiger partial charge >= 0.3 is 5.97 Å². The second-order valence-corrected chi connectivity index (χ2v) is 9.82. The Bertz CT molecular complexity index is 1140. The van der Waals surface area contributed by atoms with Crippen LogP contribution in [-0.4, -0.2) is 73.7 Å². The zero-order chi connectivity index (χ0) is 25.5. The lowest BCUT2D eigenvalue weighted by atomic mass is 9.95. The highest BCUT2D eigenvalue weighted by atomic mass is 79.9. The van der Waals surface area contributed by atoms with Crippen LogP contribution in [0.4, 0.5) is 4.39 Å². The molecule has 12 heteroatoms. The summed E-state index contributed by atoms with van der Waals surface area (Å²) >= 11 is 4.86. The van der Waals surface area contributed by atoms with Crippen molar-refractivity contribution in [3.05, 3.63) is 61.9 Å². The van der Waals surface area contributed by atoms with Crippen LogP contribution in [0.15, 0.2) is 50.5 Å². The minimum Gasteiger partial charge on any atom is -0.468 e. The third-order valence-corrected chi connectivity index (χ3v) is 7.33. The van der Waals surface area contributed by atoms with E-state index in [2.05, 4.69) is 31.1 Å². The predicted octanol–water partition coefficient (Wildman–Crippen LogP) is 3.22. The first-order valence-electron chi connectivity index (χ1n) is 11.5. The highest BCUT2D eigenvalue weighted by Crippen LogP contribution is 2.37. The Labute approximate surface area is 220 Å². The number of morpholine rings is 1. The van der Waals surface area contributed by atoms with Gasteiger partial charge in [-0.3, -0.25) is 14.7 Å². The van der Waals surface area contributed by atoms with Crippen molar-refractivity contribution in [1.29, 1.82) is 0 Å². The summed E-state index contributed by atoms with van der Waals surface area (Å²) in [4.78, 5) is 35.3. The van der Waals surface area contributed by atoms with Gasteiger partial charge in [-0.2, -0.15) is 0 Å². The van der Waals surface area contributed by atoms with E-state index in [1.165, 1.54) is 23.5 Å². The lowest BCUT2D eigenvalue weighted by molar-refractivity contribution is -0.139. The number of aromatic nitrogens is 1. The fraction of sp³-hybridized carbons (Fsp3) is 0.417. The molecule has 1 saturated heterocycles. The third kappa shape index (κ3) is 6.17. The molecule has 192 valence electrons. The highest BCUT2D eigenvalue weighted by Gasteiger charge is 2.35. The van der Waals surface area contributed by atoms with Gasteiger partial charge in [0.2, 0.25) is 0 Å². The van der Waals surface area contributed by atoms with Gasteiger partial charge < -0.3 is 19.5 Å². The van der Waals surface area contributed by atoms with E-state index in [0.29, 0.717) is 71.3 Å². The third-order valence-electron chi connectivity index (χ3n) is 5.86. The Morgan fingerprint density at radius 2 is 2.31 bits per heavy atom. The number of benzene rings is 1. The number of hydrogen-bond acceptors (Lipinski definition) is 10.